The molecule has 0 spiro atoms. The van der Waals surface area contributed by atoms with E-state index in [0.717, 1.165) is 41.3 Å². The highest BCUT2D eigenvalue weighted by Crippen LogP contribution is 2.46. The lowest BCUT2D eigenvalue weighted by Crippen LogP contribution is -2.40. The number of fused-ring (bicyclic) bond motifs is 3. The van der Waals surface area contributed by atoms with Crippen molar-refractivity contribution in [3.8, 4) is 0 Å². The highest BCUT2D eigenvalue weighted by atomic mass is 35.5. The average molecular weight is 434 g/mol. The van der Waals surface area contributed by atoms with E-state index in [1.165, 1.54) is 4.31 Å². The highest BCUT2D eigenvalue weighted by Gasteiger charge is 2.40. The zero-order chi connectivity index (χ0) is 20.0. The minimum Gasteiger partial charge on any atom is -0.379 e. The van der Waals surface area contributed by atoms with Gasteiger partial charge in [0.25, 0.3) is 0 Å². The third-order valence-corrected chi connectivity index (χ3v) is 8.32. The molecule has 3 aliphatic rings. The van der Waals surface area contributed by atoms with Crippen molar-refractivity contribution < 1.29 is 13.2 Å². The van der Waals surface area contributed by atoms with Crippen molar-refractivity contribution in [1.82, 2.24) is 4.31 Å². The number of anilines is 2. The summed E-state index contributed by atoms with van der Waals surface area (Å²) in [5, 5.41) is 0.739. The number of rotatable bonds is 4. The molecule has 0 radical (unpaired) electrons. The lowest BCUT2D eigenvalue weighted by atomic mass is 10.1. The van der Waals surface area contributed by atoms with Crippen molar-refractivity contribution >= 4 is 33.0 Å². The number of halogens is 1. The Morgan fingerprint density at radius 2 is 1.83 bits per heavy atom. The van der Waals surface area contributed by atoms with Gasteiger partial charge in [0.1, 0.15) is 6.17 Å². The first kappa shape index (κ1) is 19.2. The third-order valence-electron chi connectivity index (χ3n) is 6.05. The Hall–Kier alpha value is -1.80. The molecule has 3 heterocycles. The molecule has 2 aromatic rings. The van der Waals surface area contributed by atoms with Crippen LogP contribution in [0, 0.1) is 0 Å². The predicted octanol–water partition coefficient (Wildman–Crippen LogP) is 3.31. The fourth-order valence-corrected chi connectivity index (χ4v) is 6.21. The van der Waals surface area contributed by atoms with Crippen LogP contribution in [0.25, 0.3) is 0 Å². The summed E-state index contributed by atoms with van der Waals surface area (Å²) in [4.78, 5) is 5.04. The Kier molecular flexibility index (Phi) is 4.94. The summed E-state index contributed by atoms with van der Waals surface area (Å²) in [5.41, 5.74) is 3.14. The van der Waals surface area contributed by atoms with E-state index in [2.05, 4.69) is 9.80 Å². The number of hydrogen-bond donors (Lipinski definition) is 0. The molecule has 2 fully saturated rings. The summed E-state index contributed by atoms with van der Waals surface area (Å²) >= 11 is 6.42. The Bertz CT molecular complexity index is 1020. The molecule has 6 nitrogen and oxygen atoms in total. The van der Waals surface area contributed by atoms with Crippen molar-refractivity contribution in [3.05, 3.63) is 53.1 Å². The van der Waals surface area contributed by atoms with Gasteiger partial charge in [-0.1, -0.05) is 29.8 Å². The third kappa shape index (κ3) is 3.30. The van der Waals surface area contributed by atoms with Crippen LogP contribution in [0.15, 0.2) is 47.4 Å². The van der Waals surface area contributed by atoms with Gasteiger partial charge in [-0.25, -0.2) is 8.42 Å². The first-order valence-electron chi connectivity index (χ1n) is 10.0. The van der Waals surface area contributed by atoms with E-state index < -0.39 is 10.0 Å². The van der Waals surface area contributed by atoms with Crippen molar-refractivity contribution in [2.45, 2.75) is 30.4 Å². The topological polar surface area (TPSA) is 53.1 Å². The van der Waals surface area contributed by atoms with Crippen molar-refractivity contribution in [3.63, 3.8) is 0 Å². The monoisotopic (exact) mass is 433 g/mol. The fourth-order valence-electron chi connectivity index (χ4n) is 4.59. The molecule has 0 aromatic heterocycles. The van der Waals surface area contributed by atoms with Crippen LogP contribution in [0.4, 0.5) is 11.4 Å². The van der Waals surface area contributed by atoms with Crippen molar-refractivity contribution in [1.29, 1.82) is 0 Å². The molecule has 0 N–H and O–H groups in total. The van der Waals surface area contributed by atoms with Crippen LogP contribution in [0.3, 0.4) is 0 Å². The molecule has 0 amide bonds. The van der Waals surface area contributed by atoms with Gasteiger partial charge in [0.2, 0.25) is 10.0 Å². The van der Waals surface area contributed by atoms with Crippen LogP contribution in [-0.4, -0.2) is 51.7 Å². The smallest absolute Gasteiger partial charge is 0.243 e. The van der Waals surface area contributed by atoms with E-state index in [-0.39, 0.29) is 6.17 Å². The van der Waals surface area contributed by atoms with Gasteiger partial charge in [0, 0.05) is 31.2 Å². The molecule has 0 bridgehead atoms. The molecular weight excluding hydrogens is 410 g/mol. The van der Waals surface area contributed by atoms with E-state index in [4.69, 9.17) is 16.3 Å². The zero-order valence-corrected chi connectivity index (χ0v) is 17.7. The zero-order valence-electron chi connectivity index (χ0n) is 16.1. The first-order valence-corrected chi connectivity index (χ1v) is 11.9. The minimum atomic E-state index is -3.53. The number of morpholine rings is 1. The normalized spacial score (nSPS) is 22.0. The maximum absolute atomic E-state index is 13.2. The molecular formula is C21H24ClN3O3S. The van der Waals surface area contributed by atoms with Gasteiger partial charge in [0.15, 0.2) is 0 Å². The molecule has 2 saturated heterocycles. The molecule has 3 aliphatic heterocycles. The van der Waals surface area contributed by atoms with Crippen LogP contribution >= 0.6 is 11.6 Å². The van der Waals surface area contributed by atoms with E-state index in [0.29, 0.717) is 37.7 Å². The van der Waals surface area contributed by atoms with Crippen LogP contribution in [0.5, 0.6) is 0 Å². The minimum absolute atomic E-state index is 0.252. The lowest BCUT2D eigenvalue weighted by molar-refractivity contribution is 0.0730. The largest absolute Gasteiger partial charge is 0.379 e. The molecule has 8 heteroatoms. The maximum atomic E-state index is 13.2. The standard InChI is InChI=1S/C21H24ClN3O3S/c22-18-5-2-1-4-16(18)15-25-20-14-17(29(26,27)23-10-12-28-13-11-23)7-8-19(20)24-9-3-6-21(24)25/h1-2,4-5,7-8,14,21H,3,6,9-13,15H2/t21-/m1/s1. The molecule has 154 valence electrons. The molecule has 0 saturated carbocycles. The Morgan fingerprint density at radius 1 is 1.03 bits per heavy atom. The van der Waals surface area contributed by atoms with Crippen LogP contribution in [0.1, 0.15) is 18.4 Å². The van der Waals surface area contributed by atoms with Gasteiger partial charge in [-0.15, -0.1) is 0 Å². The summed E-state index contributed by atoms with van der Waals surface area (Å²) in [6.07, 6.45) is 2.45. The summed E-state index contributed by atoms with van der Waals surface area (Å²) in [6, 6.07) is 13.4. The summed E-state index contributed by atoms with van der Waals surface area (Å²) in [6.45, 7) is 3.34. The number of benzene rings is 2. The van der Waals surface area contributed by atoms with Gasteiger partial charge >= 0.3 is 0 Å². The van der Waals surface area contributed by atoms with Crippen LogP contribution < -0.4 is 9.80 Å². The quantitative estimate of drug-likeness (QED) is 0.740. The number of nitrogens with zero attached hydrogens (tertiary/aromatic N) is 3. The molecule has 2 aromatic carbocycles. The summed E-state index contributed by atoms with van der Waals surface area (Å²) < 4.78 is 33.2. The second-order valence-corrected chi connectivity index (χ2v) is 10.0. The first-order chi connectivity index (χ1) is 14.1. The lowest BCUT2D eigenvalue weighted by Gasteiger charge is -2.28. The molecule has 0 unspecified atom stereocenters. The van der Waals surface area contributed by atoms with Crippen LogP contribution in [-0.2, 0) is 21.3 Å². The van der Waals surface area contributed by atoms with Gasteiger partial charge in [-0.05, 0) is 42.7 Å². The van der Waals surface area contributed by atoms with Crippen molar-refractivity contribution in [2.75, 3.05) is 42.6 Å². The second kappa shape index (κ2) is 7.47. The number of sulfonamides is 1. The van der Waals surface area contributed by atoms with Crippen LogP contribution in [0.2, 0.25) is 5.02 Å². The van der Waals surface area contributed by atoms with Gasteiger partial charge in [-0.2, -0.15) is 4.31 Å². The van der Waals surface area contributed by atoms with Crippen molar-refractivity contribution in [2.24, 2.45) is 0 Å². The van der Waals surface area contributed by atoms with Gasteiger partial charge < -0.3 is 14.5 Å². The van der Waals surface area contributed by atoms with E-state index in [1.807, 2.05) is 36.4 Å². The maximum Gasteiger partial charge on any atom is 0.243 e. The highest BCUT2D eigenvalue weighted by molar-refractivity contribution is 7.89. The number of ether oxygens (including phenoxy) is 1. The fraction of sp³-hybridized carbons (Fsp3) is 0.429. The molecule has 29 heavy (non-hydrogen) atoms. The molecule has 1 atom stereocenters. The van der Waals surface area contributed by atoms with E-state index in [9.17, 15) is 8.42 Å². The SMILES string of the molecule is O=S(=O)(c1ccc2c(c1)N(Cc1ccccc1Cl)[C@@H]1CCCN21)N1CCOCC1. The van der Waals surface area contributed by atoms with Gasteiger partial charge in [0.05, 0.1) is 29.5 Å². The Balaban J connectivity index is 1.53. The predicted molar refractivity (Wildman–Crippen MR) is 114 cm³/mol. The number of hydrogen-bond acceptors (Lipinski definition) is 5. The van der Waals surface area contributed by atoms with E-state index >= 15 is 0 Å². The van der Waals surface area contributed by atoms with Gasteiger partial charge in [-0.3, -0.25) is 0 Å². The Labute approximate surface area is 176 Å². The molecule has 5 rings (SSSR count). The van der Waals surface area contributed by atoms with E-state index in [1.54, 1.807) is 6.07 Å². The molecule has 0 aliphatic carbocycles. The summed E-state index contributed by atoms with van der Waals surface area (Å²) in [5.74, 6) is 0. The summed E-state index contributed by atoms with van der Waals surface area (Å²) in [7, 11) is -3.53. The average Bonchev–Trinajstić information content (AvgIpc) is 3.32. The second-order valence-electron chi connectivity index (χ2n) is 7.70. The Morgan fingerprint density at radius 3 is 2.62 bits per heavy atom.